The third-order valence-corrected chi connectivity index (χ3v) is 3.87. The third-order valence-electron chi connectivity index (χ3n) is 3.38. The summed E-state index contributed by atoms with van der Waals surface area (Å²) in [5, 5.41) is 4.42. The van der Waals surface area contributed by atoms with Crippen LogP contribution >= 0.6 is 15.9 Å². The minimum atomic E-state index is -0.190. The molecule has 0 unspecified atom stereocenters. The van der Waals surface area contributed by atoms with Crippen LogP contribution in [-0.2, 0) is 13.1 Å². The second-order valence-corrected chi connectivity index (χ2v) is 5.74. The first kappa shape index (κ1) is 14.2. The van der Waals surface area contributed by atoms with Crippen molar-refractivity contribution in [3.63, 3.8) is 0 Å². The van der Waals surface area contributed by atoms with Crippen molar-refractivity contribution in [1.29, 1.82) is 0 Å². The first-order chi connectivity index (χ1) is 10.2. The SMILES string of the molecule is Fc1ccc(Br)cc1CNCc1ccnc2ccccc12. The van der Waals surface area contributed by atoms with E-state index in [4.69, 9.17) is 0 Å². The van der Waals surface area contributed by atoms with Gasteiger partial charge in [-0.2, -0.15) is 0 Å². The second-order valence-electron chi connectivity index (χ2n) is 4.83. The third kappa shape index (κ3) is 3.28. The zero-order valence-electron chi connectivity index (χ0n) is 11.3. The van der Waals surface area contributed by atoms with Crippen molar-refractivity contribution in [1.82, 2.24) is 10.3 Å². The highest BCUT2D eigenvalue weighted by molar-refractivity contribution is 9.10. The molecule has 0 bridgehead atoms. The number of rotatable bonds is 4. The average Bonchev–Trinajstić information content (AvgIpc) is 2.51. The minimum Gasteiger partial charge on any atom is -0.308 e. The van der Waals surface area contributed by atoms with Gasteiger partial charge in [-0.25, -0.2) is 4.39 Å². The lowest BCUT2D eigenvalue weighted by Gasteiger charge is -2.09. The molecule has 0 saturated heterocycles. The maximum Gasteiger partial charge on any atom is 0.127 e. The van der Waals surface area contributed by atoms with Crippen LogP contribution in [0.25, 0.3) is 10.9 Å². The van der Waals surface area contributed by atoms with Crippen LogP contribution in [0.5, 0.6) is 0 Å². The largest absolute Gasteiger partial charge is 0.308 e. The van der Waals surface area contributed by atoms with Gasteiger partial charge in [0.2, 0.25) is 0 Å². The van der Waals surface area contributed by atoms with Gasteiger partial charge in [0.05, 0.1) is 5.52 Å². The lowest BCUT2D eigenvalue weighted by molar-refractivity contribution is 0.588. The van der Waals surface area contributed by atoms with Gasteiger partial charge in [0.1, 0.15) is 5.82 Å². The summed E-state index contributed by atoms with van der Waals surface area (Å²) < 4.78 is 14.6. The molecule has 1 heterocycles. The molecule has 106 valence electrons. The van der Waals surface area contributed by atoms with Gasteiger partial charge in [0.25, 0.3) is 0 Å². The van der Waals surface area contributed by atoms with E-state index in [9.17, 15) is 4.39 Å². The van der Waals surface area contributed by atoms with Crippen molar-refractivity contribution in [3.05, 3.63) is 76.1 Å². The molecule has 1 N–H and O–H groups in total. The average molecular weight is 345 g/mol. The Morgan fingerprint density at radius 2 is 1.81 bits per heavy atom. The molecule has 0 radical (unpaired) electrons. The van der Waals surface area contributed by atoms with Crippen molar-refractivity contribution in [3.8, 4) is 0 Å². The molecule has 0 aliphatic rings. The fraction of sp³-hybridized carbons (Fsp3) is 0.118. The summed E-state index contributed by atoms with van der Waals surface area (Å²) >= 11 is 3.36. The number of halogens is 2. The lowest BCUT2D eigenvalue weighted by Crippen LogP contribution is -2.14. The van der Waals surface area contributed by atoms with E-state index in [1.165, 1.54) is 6.07 Å². The van der Waals surface area contributed by atoms with Gasteiger partial charge in [-0.15, -0.1) is 0 Å². The zero-order valence-corrected chi connectivity index (χ0v) is 12.9. The highest BCUT2D eigenvalue weighted by Crippen LogP contribution is 2.17. The molecule has 2 nitrogen and oxygen atoms in total. The summed E-state index contributed by atoms with van der Waals surface area (Å²) in [5.74, 6) is -0.190. The number of benzene rings is 2. The topological polar surface area (TPSA) is 24.9 Å². The van der Waals surface area contributed by atoms with Gasteiger partial charge >= 0.3 is 0 Å². The Labute approximate surface area is 131 Å². The summed E-state index contributed by atoms with van der Waals surface area (Å²) in [4.78, 5) is 4.34. The van der Waals surface area contributed by atoms with E-state index in [2.05, 4.69) is 32.3 Å². The van der Waals surface area contributed by atoms with Crippen molar-refractivity contribution in [2.24, 2.45) is 0 Å². The molecular formula is C17H14BrFN2. The van der Waals surface area contributed by atoms with Crippen LogP contribution in [0.4, 0.5) is 4.39 Å². The molecule has 1 aromatic heterocycles. The van der Waals surface area contributed by atoms with Crippen LogP contribution < -0.4 is 5.32 Å². The number of fused-ring (bicyclic) bond motifs is 1. The molecule has 4 heteroatoms. The van der Waals surface area contributed by atoms with E-state index in [0.29, 0.717) is 18.7 Å². The van der Waals surface area contributed by atoms with Crippen LogP contribution in [0, 0.1) is 5.82 Å². The van der Waals surface area contributed by atoms with Gasteiger partial charge in [0, 0.05) is 34.7 Å². The lowest BCUT2D eigenvalue weighted by atomic mass is 10.1. The van der Waals surface area contributed by atoms with Gasteiger partial charge in [-0.1, -0.05) is 34.1 Å². The zero-order chi connectivity index (χ0) is 14.7. The fourth-order valence-corrected chi connectivity index (χ4v) is 2.73. The molecule has 0 saturated carbocycles. The normalized spacial score (nSPS) is 11.0. The molecular weight excluding hydrogens is 331 g/mol. The molecule has 3 aromatic rings. The molecule has 21 heavy (non-hydrogen) atoms. The number of nitrogens with one attached hydrogen (secondary N) is 1. The number of para-hydroxylation sites is 1. The first-order valence-electron chi connectivity index (χ1n) is 6.71. The summed E-state index contributed by atoms with van der Waals surface area (Å²) in [7, 11) is 0. The molecule has 0 fully saturated rings. The Kier molecular flexibility index (Phi) is 4.27. The maximum atomic E-state index is 13.7. The highest BCUT2D eigenvalue weighted by atomic mass is 79.9. The molecule has 0 aliphatic carbocycles. The van der Waals surface area contributed by atoms with Crippen LogP contribution in [0.1, 0.15) is 11.1 Å². The highest BCUT2D eigenvalue weighted by Gasteiger charge is 2.04. The molecule has 0 aliphatic heterocycles. The number of aromatic nitrogens is 1. The molecule has 3 rings (SSSR count). The van der Waals surface area contributed by atoms with Crippen molar-refractivity contribution >= 4 is 26.8 Å². The van der Waals surface area contributed by atoms with Crippen LogP contribution in [0.3, 0.4) is 0 Å². The Balaban J connectivity index is 1.74. The summed E-state index contributed by atoms with van der Waals surface area (Å²) in [6.45, 7) is 1.16. The van der Waals surface area contributed by atoms with Crippen LogP contribution in [-0.4, -0.2) is 4.98 Å². The van der Waals surface area contributed by atoms with Crippen LogP contribution in [0.2, 0.25) is 0 Å². The predicted octanol–water partition coefficient (Wildman–Crippen LogP) is 4.43. The Hall–Kier alpha value is -1.78. The Morgan fingerprint density at radius 1 is 1.00 bits per heavy atom. The minimum absolute atomic E-state index is 0.190. The van der Waals surface area contributed by atoms with Gasteiger partial charge in [-0.3, -0.25) is 4.98 Å². The smallest absolute Gasteiger partial charge is 0.127 e. The second kappa shape index (κ2) is 6.33. The van der Waals surface area contributed by atoms with Crippen molar-refractivity contribution in [2.75, 3.05) is 0 Å². The van der Waals surface area contributed by atoms with E-state index < -0.39 is 0 Å². The first-order valence-corrected chi connectivity index (χ1v) is 7.50. The predicted molar refractivity (Wildman–Crippen MR) is 86.4 cm³/mol. The summed E-state index contributed by atoms with van der Waals surface area (Å²) in [6.07, 6.45) is 1.80. The monoisotopic (exact) mass is 344 g/mol. The molecule has 2 aromatic carbocycles. The van der Waals surface area contributed by atoms with Crippen molar-refractivity contribution in [2.45, 2.75) is 13.1 Å². The quantitative estimate of drug-likeness (QED) is 0.757. The molecule has 0 spiro atoms. The Bertz CT molecular complexity index is 768. The number of hydrogen-bond donors (Lipinski definition) is 1. The van der Waals surface area contributed by atoms with Gasteiger partial charge < -0.3 is 5.32 Å². The van der Waals surface area contributed by atoms with Crippen LogP contribution in [0.15, 0.2) is 59.2 Å². The fourth-order valence-electron chi connectivity index (χ4n) is 2.32. The number of hydrogen-bond acceptors (Lipinski definition) is 2. The van der Waals surface area contributed by atoms with E-state index in [1.807, 2.05) is 24.3 Å². The summed E-state index contributed by atoms with van der Waals surface area (Å²) in [5.41, 5.74) is 2.80. The number of pyridine rings is 1. The summed E-state index contributed by atoms with van der Waals surface area (Å²) in [6, 6.07) is 15.0. The Morgan fingerprint density at radius 3 is 2.71 bits per heavy atom. The maximum absolute atomic E-state index is 13.7. The standard InChI is InChI=1S/C17H14BrFN2/c18-14-5-6-16(19)13(9-14)11-20-10-12-7-8-21-17-4-2-1-3-15(12)17/h1-9,20H,10-11H2. The van der Waals surface area contributed by atoms with Crippen molar-refractivity contribution < 1.29 is 4.39 Å². The molecule has 0 amide bonds. The molecule has 0 atom stereocenters. The van der Waals surface area contributed by atoms with E-state index >= 15 is 0 Å². The van der Waals surface area contributed by atoms with E-state index in [-0.39, 0.29) is 5.82 Å². The van der Waals surface area contributed by atoms with Gasteiger partial charge in [-0.05, 0) is 35.9 Å². The number of nitrogens with zero attached hydrogens (tertiary/aromatic N) is 1. The van der Waals surface area contributed by atoms with E-state index in [1.54, 1.807) is 18.3 Å². The van der Waals surface area contributed by atoms with E-state index in [0.717, 1.165) is 20.9 Å². The van der Waals surface area contributed by atoms with Gasteiger partial charge in [0.15, 0.2) is 0 Å².